The summed E-state index contributed by atoms with van der Waals surface area (Å²) in [4.78, 5) is 0. The van der Waals surface area contributed by atoms with Gasteiger partial charge in [-0.1, -0.05) is 40.0 Å². The molecular formula is C26H44F2O3. The summed E-state index contributed by atoms with van der Waals surface area (Å²) in [5.74, 6) is -0.126. The zero-order chi connectivity index (χ0) is 22.6. The van der Waals surface area contributed by atoms with Crippen LogP contribution in [0.4, 0.5) is 8.78 Å². The molecule has 2 atom stereocenters. The van der Waals surface area contributed by atoms with Gasteiger partial charge in [-0.2, -0.15) is 0 Å². The van der Waals surface area contributed by atoms with E-state index in [0.717, 1.165) is 38.2 Å². The molecule has 0 amide bonds. The van der Waals surface area contributed by atoms with Crippen molar-refractivity contribution in [2.75, 3.05) is 20.3 Å². The molecule has 0 aromatic rings. The van der Waals surface area contributed by atoms with Crippen molar-refractivity contribution in [2.24, 2.45) is 11.8 Å². The lowest BCUT2D eigenvalue weighted by Crippen LogP contribution is -2.33. The third-order valence-corrected chi connectivity index (χ3v) is 6.81. The van der Waals surface area contributed by atoms with Gasteiger partial charge in [0.25, 0.3) is 0 Å². The third-order valence-electron chi connectivity index (χ3n) is 6.81. The molecule has 1 heterocycles. The van der Waals surface area contributed by atoms with E-state index in [1.165, 1.54) is 45.6 Å². The van der Waals surface area contributed by atoms with Gasteiger partial charge in [0, 0.05) is 6.42 Å². The summed E-state index contributed by atoms with van der Waals surface area (Å²) in [6, 6.07) is 0. The lowest BCUT2D eigenvalue weighted by atomic mass is 9.76. The average Bonchev–Trinajstić information content (AvgIpc) is 2.80. The van der Waals surface area contributed by atoms with Crippen LogP contribution in [-0.4, -0.2) is 32.5 Å². The maximum Gasteiger partial charge on any atom is 0.196 e. The predicted molar refractivity (Wildman–Crippen MR) is 122 cm³/mol. The maximum absolute atomic E-state index is 14.1. The molecule has 0 aromatic heterocycles. The first kappa shape index (κ1) is 26.3. The summed E-state index contributed by atoms with van der Waals surface area (Å²) in [5.41, 5.74) is 0.430. The Labute approximate surface area is 188 Å². The Hall–Kier alpha value is -0.940. The molecule has 2 unspecified atom stereocenters. The van der Waals surface area contributed by atoms with E-state index in [2.05, 4.69) is 20.8 Å². The van der Waals surface area contributed by atoms with Crippen molar-refractivity contribution >= 4 is 0 Å². The van der Waals surface area contributed by atoms with Crippen molar-refractivity contribution in [2.45, 2.75) is 110 Å². The number of hydrogen-bond acceptors (Lipinski definition) is 3. The van der Waals surface area contributed by atoms with Gasteiger partial charge in [0.15, 0.2) is 11.7 Å². The van der Waals surface area contributed by atoms with Gasteiger partial charge in [0.05, 0.1) is 32.5 Å². The number of hydrogen-bond donors (Lipinski definition) is 0. The Morgan fingerprint density at radius 2 is 1.58 bits per heavy atom. The normalized spacial score (nSPS) is 29.5. The molecule has 0 aromatic carbocycles. The molecule has 0 N–H and O–H groups in total. The van der Waals surface area contributed by atoms with Crippen molar-refractivity contribution in [3.8, 4) is 0 Å². The van der Waals surface area contributed by atoms with Crippen LogP contribution in [0, 0.1) is 11.8 Å². The smallest absolute Gasteiger partial charge is 0.196 e. The Morgan fingerprint density at radius 3 is 2.16 bits per heavy atom. The number of halogens is 2. The van der Waals surface area contributed by atoms with E-state index in [1.54, 1.807) is 0 Å². The van der Waals surface area contributed by atoms with Crippen molar-refractivity contribution in [3.05, 3.63) is 23.0 Å². The summed E-state index contributed by atoms with van der Waals surface area (Å²) in [6.07, 6.45) is 13.3. The van der Waals surface area contributed by atoms with Crippen LogP contribution in [0.15, 0.2) is 23.0 Å². The Bertz CT molecular complexity index is 571. The van der Waals surface area contributed by atoms with Gasteiger partial charge in [-0.25, -0.2) is 8.78 Å². The van der Waals surface area contributed by atoms with Gasteiger partial charge in [-0.15, -0.1) is 0 Å². The maximum atomic E-state index is 14.1. The lowest BCUT2D eigenvalue weighted by Gasteiger charge is -2.38. The molecule has 3 nitrogen and oxygen atoms in total. The molecule has 1 saturated heterocycles. The zero-order valence-electron chi connectivity index (χ0n) is 20.2. The molecule has 3 rings (SSSR count). The van der Waals surface area contributed by atoms with Crippen LogP contribution >= 0.6 is 0 Å². The third kappa shape index (κ3) is 8.16. The number of allylic oxidation sites excluding steroid dienone is 3. The molecule has 1 aliphatic heterocycles. The van der Waals surface area contributed by atoms with Gasteiger partial charge in [0.1, 0.15) is 5.76 Å². The Kier molecular flexibility index (Phi) is 12.1. The Morgan fingerprint density at radius 1 is 0.903 bits per heavy atom. The molecular weight excluding hydrogens is 398 g/mol. The first-order valence-corrected chi connectivity index (χ1v) is 12.6. The minimum absolute atomic E-state index is 0.105. The van der Waals surface area contributed by atoms with Gasteiger partial charge < -0.3 is 14.2 Å². The van der Waals surface area contributed by atoms with Crippen LogP contribution in [-0.2, 0) is 14.2 Å². The standard InChI is InChI=1S/C23H36F2O3.C3H8/c1-3-4-5-19-12-8-17(14-27-19)16-6-10-20(11-7-16)28-15-18-9-13-21(26-2)23(25)22(18)24;1-3-2/h16-17,19-20H,3-15H2,1-2H3;3H2,1-2H3. The summed E-state index contributed by atoms with van der Waals surface area (Å²) in [6.45, 7) is 7.59. The number of rotatable bonds is 8. The summed E-state index contributed by atoms with van der Waals surface area (Å²) in [7, 11) is 1.38. The topological polar surface area (TPSA) is 27.7 Å². The van der Waals surface area contributed by atoms with Crippen molar-refractivity contribution < 1.29 is 23.0 Å². The highest BCUT2D eigenvalue weighted by Gasteiger charge is 2.32. The van der Waals surface area contributed by atoms with E-state index in [4.69, 9.17) is 14.2 Å². The van der Waals surface area contributed by atoms with E-state index < -0.39 is 11.7 Å². The van der Waals surface area contributed by atoms with E-state index >= 15 is 0 Å². The molecule has 0 spiro atoms. The minimum atomic E-state index is -0.856. The van der Waals surface area contributed by atoms with Crippen LogP contribution in [0.2, 0.25) is 0 Å². The van der Waals surface area contributed by atoms with E-state index in [0.29, 0.717) is 30.4 Å². The summed E-state index contributed by atoms with van der Waals surface area (Å²) < 4.78 is 44.9. The fraction of sp³-hybridized carbons (Fsp3) is 0.846. The quantitative estimate of drug-likeness (QED) is 0.384. The molecule has 3 aliphatic rings. The van der Waals surface area contributed by atoms with E-state index in [-0.39, 0.29) is 18.5 Å². The molecule has 31 heavy (non-hydrogen) atoms. The minimum Gasteiger partial charge on any atom is -0.498 e. The highest BCUT2D eigenvalue weighted by Crippen LogP contribution is 2.38. The fourth-order valence-electron chi connectivity index (χ4n) is 4.89. The van der Waals surface area contributed by atoms with Crippen LogP contribution in [0.5, 0.6) is 0 Å². The SMILES string of the molecule is CCC.CCCCC1CCC(C2CCC(OCC3=C(F)C(F)=C(OC)CC3)CC2)CO1. The van der Waals surface area contributed by atoms with Crippen molar-refractivity contribution in [1.29, 1.82) is 0 Å². The summed E-state index contributed by atoms with van der Waals surface area (Å²) in [5, 5.41) is 0. The van der Waals surface area contributed by atoms with Crippen LogP contribution < -0.4 is 0 Å². The highest BCUT2D eigenvalue weighted by molar-refractivity contribution is 5.32. The lowest BCUT2D eigenvalue weighted by molar-refractivity contribution is -0.0508. The second-order valence-electron chi connectivity index (χ2n) is 9.35. The van der Waals surface area contributed by atoms with E-state index in [9.17, 15) is 8.78 Å². The molecule has 0 bridgehead atoms. The number of unbranched alkanes of at least 4 members (excludes halogenated alkanes) is 1. The van der Waals surface area contributed by atoms with Crippen molar-refractivity contribution in [3.63, 3.8) is 0 Å². The van der Waals surface area contributed by atoms with Gasteiger partial charge >= 0.3 is 0 Å². The monoisotopic (exact) mass is 442 g/mol. The zero-order valence-corrected chi connectivity index (χ0v) is 20.2. The average molecular weight is 443 g/mol. The van der Waals surface area contributed by atoms with Crippen LogP contribution in [0.3, 0.4) is 0 Å². The van der Waals surface area contributed by atoms with Crippen LogP contribution in [0.25, 0.3) is 0 Å². The second kappa shape index (κ2) is 14.3. The summed E-state index contributed by atoms with van der Waals surface area (Å²) >= 11 is 0. The number of ether oxygens (including phenoxy) is 3. The molecule has 2 fully saturated rings. The van der Waals surface area contributed by atoms with Gasteiger partial charge in [0.2, 0.25) is 0 Å². The first-order valence-electron chi connectivity index (χ1n) is 12.6. The van der Waals surface area contributed by atoms with Crippen LogP contribution in [0.1, 0.15) is 97.8 Å². The fourth-order valence-corrected chi connectivity index (χ4v) is 4.89. The molecule has 180 valence electrons. The first-order chi connectivity index (χ1) is 15.0. The largest absolute Gasteiger partial charge is 0.498 e. The van der Waals surface area contributed by atoms with E-state index in [1.807, 2.05) is 0 Å². The van der Waals surface area contributed by atoms with Gasteiger partial charge in [-0.05, 0) is 68.8 Å². The molecule has 5 heteroatoms. The highest BCUT2D eigenvalue weighted by atomic mass is 19.2. The number of methoxy groups -OCH3 is 1. The molecule has 0 radical (unpaired) electrons. The molecule has 2 aliphatic carbocycles. The molecule has 1 saturated carbocycles. The predicted octanol–water partition coefficient (Wildman–Crippen LogP) is 7.81. The second-order valence-corrected chi connectivity index (χ2v) is 9.35. The van der Waals surface area contributed by atoms with Gasteiger partial charge in [-0.3, -0.25) is 0 Å². The van der Waals surface area contributed by atoms with Crippen molar-refractivity contribution in [1.82, 2.24) is 0 Å². The Balaban J connectivity index is 0.00000107.